The van der Waals surface area contributed by atoms with Gasteiger partial charge in [-0.15, -0.1) is 20.4 Å². The van der Waals surface area contributed by atoms with Crippen molar-refractivity contribution in [2.24, 2.45) is 0 Å². The first kappa shape index (κ1) is 10.6. The largest absolute Gasteiger partial charge is 0.421 e. The van der Waals surface area contributed by atoms with Crippen molar-refractivity contribution in [2.45, 2.75) is 13.8 Å². The maximum Gasteiger partial charge on any atom is 0.247 e. The van der Waals surface area contributed by atoms with Crippen molar-refractivity contribution >= 4 is 0 Å². The van der Waals surface area contributed by atoms with Crippen molar-refractivity contribution in [2.75, 3.05) is 0 Å². The van der Waals surface area contributed by atoms with Crippen LogP contribution in [0.25, 0.3) is 22.9 Å². The molecule has 0 N–H and O–H groups in total. The number of aryl methyl sites for hydroxylation is 2. The molecule has 2 heterocycles. The van der Waals surface area contributed by atoms with Gasteiger partial charge in [-0.05, 0) is 24.3 Å². The molecule has 0 spiro atoms. The number of benzene rings is 1. The molecule has 6 nitrogen and oxygen atoms in total. The lowest BCUT2D eigenvalue weighted by molar-refractivity contribution is 0.531. The average Bonchev–Trinajstić information content (AvgIpc) is 2.98. The fraction of sp³-hybridized carbons (Fsp3) is 0.167. The molecule has 90 valence electrons. The molecule has 0 saturated heterocycles. The predicted octanol–water partition coefficient (Wildman–Crippen LogP) is 2.40. The highest BCUT2D eigenvalue weighted by Crippen LogP contribution is 2.23. The second-order valence-electron chi connectivity index (χ2n) is 3.83. The summed E-state index contributed by atoms with van der Waals surface area (Å²) < 4.78 is 10.7. The van der Waals surface area contributed by atoms with Crippen LogP contribution in [-0.2, 0) is 0 Å². The van der Waals surface area contributed by atoms with Crippen molar-refractivity contribution in [3.8, 4) is 22.9 Å². The number of aromatic nitrogens is 4. The maximum atomic E-state index is 5.35. The monoisotopic (exact) mass is 242 g/mol. The van der Waals surface area contributed by atoms with Crippen LogP contribution in [0, 0.1) is 13.8 Å². The third kappa shape index (κ3) is 1.88. The van der Waals surface area contributed by atoms with E-state index in [9.17, 15) is 0 Å². The number of hydrogen-bond donors (Lipinski definition) is 0. The summed E-state index contributed by atoms with van der Waals surface area (Å²) in [4.78, 5) is 0. The van der Waals surface area contributed by atoms with Gasteiger partial charge in [0.1, 0.15) is 0 Å². The standard InChI is InChI=1S/C12H10N4O2/c1-7-13-15-11(17-7)9-3-5-10(6-4-9)12-16-14-8(2)18-12/h3-6H,1-2H3. The first-order valence-electron chi connectivity index (χ1n) is 5.43. The van der Waals surface area contributed by atoms with Crippen LogP contribution in [0.4, 0.5) is 0 Å². The van der Waals surface area contributed by atoms with Gasteiger partial charge in [-0.2, -0.15) is 0 Å². The first-order valence-corrected chi connectivity index (χ1v) is 5.43. The molecule has 0 amide bonds. The van der Waals surface area contributed by atoms with Gasteiger partial charge in [-0.1, -0.05) is 0 Å². The minimum Gasteiger partial charge on any atom is -0.421 e. The molecular formula is C12H10N4O2. The van der Waals surface area contributed by atoms with E-state index in [1.165, 1.54) is 0 Å². The Bertz CT molecular complexity index is 610. The lowest BCUT2D eigenvalue weighted by Gasteiger charge is -1.96. The van der Waals surface area contributed by atoms with Crippen LogP contribution in [0.1, 0.15) is 11.8 Å². The fourth-order valence-corrected chi connectivity index (χ4v) is 1.58. The van der Waals surface area contributed by atoms with Gasteiger partial charge < -0.3 is 8.83 Å². The summed E-state index contributed by atoms with van der Waals surface area (Å²) in [5, 5.41) is 15.5. The SMILES string of the molecule is Cc1nnc(-c2ccc(-c3nnc(C)o3)cc2)o1. The highest BCUT2D eigenvalue weighted by atomic mass is 16.4. The summed E-state index contributed by atoms with van der Waals surface area (Å²) in [6, 6.07) is 7.51. The van der Waals surface area contributed by atoms with E-state index in [0.717, 1.165) is 11.1 Å². The molecule has 3 aromatic rings. The zero-order chi connectivity index (χ0) is 12.5. The molecule has 3 rings (SSSR count). The first-order chi connectivity index (χ1) is 8.72. The number of hydrogen-bond acceptors (Lipinski definition) is 6. The molecule has 0 aliphatic rings. The van der Waals surface area contributed by atoms with Gasteiger partial charge in [0.05, 0.1) is 0 Å². The Morgan fingerprint density at radius 2 is 1.06 bits per heavy atom. The normalized spacial score (nSPS) is 10.8. The Hall–Kier alpha value is -2.50. The summed E-state index contributed by atoms with van der Waals surface area (Å²) in [5.74, 6) is 2.09. The van der Waals surface area contributed by atoms with E-state index in [-0.39, 0.29) is 0 Å². The Labute approximate surface area is 103 Å². The molecule has 0 saturated carbocycles. The van der Waals surface area contributed by atoms with Crippen LogP contribution < -0.4 is 0 Å². The lowest BCUT2D eigenvalue weighted by atomic mass is 10.1. The van der Waals surface area contributed by atoms with Crippen molar-refractivity contribution < 1.29 is 8.83 Å². The van der Waals surface area contributed by atoms with Gasteiger partial charge in [0.25, 0.3) is 0 Å². The smallest absolute Gasteiger partial charge is 0.247 e. The van der Waals surface area contributed by atoms with Crippen LogP contribution in [0.15, 0.2) is 33.1 Å². The Balaban J connectivity index is 1.94. The van der Waals surface area contributed by atoms with Crippen LogP contribution in [0.3, 0.4) is 0 Å². The van der Waals surface area contributed by atoms with E-state index in [1.54, 1.807) is 13.8 Å². The molecule has 0 atom stereocenters. The summed E-state index contributed by atoms with van der Waals surface area (Å²) >= 11 is 0. The second kappa shape index (κ2) is 4.06. The van der Waals surface area contributed by atoms with E-state index in [4.69, 9.17) is 8.83 Å². The van der Waals surface area contributed by atoms with Crippen LogP contribution >= 0.6 is 0 Å². The minimum atomic E-state index is 0.501. The number of nitrogens with zero attached hydrogens (tertiary/aromatic N) is 4. The van der Waals surface area contributed by atoms with Crippen molar-refractivity contribution in [3.05, 3.63) is 36.0 Å². The van der Waals surface area contributed by atoms with Crippen molar-refractivity contribution in [1.82, 2.24) is 20.4 Å². The Kier molecular flexibility index (Phi) is 2.40. The Morgan fingerprint density at radius 1 is 0.667 bits per heavy atom. The van der Waals surface area contributed by atoms with Gasteiger partial charge in [0.2, 0.25) is 23.6 Å². The molecule has 0 aliphatic heterocycles. The summed E-state index contributed by atoms with van der Waals surface area (Å²) in [6.07, 6.45) is 0. The fourth-order valence-electron chi connectivity index (χ4n) is 1.58. The Morgan fingerprint density at radius 3 is 1.33 bits per heavy atom. The molecule has 0 aliphatic carbocycles. The van der Waals surface area contributed by atoms with Gasteiger partial charge in [0.15, 0.2) is 0 Å². The second-order valence-corrected chi connectivity index (χ2v) is 3.83. The molecule has 18 heavy (non-hydrogen) atoms. The summed E-state index contributed by atoms with van der Waals surface area (Å²) in [5.41, 5.74) is 1.71. The quantitative estimate of drug-likeness (QED) is 0.686. The molecule has 0 fully saturated rings. The predicted molar refractivity (Wildman–Crippen MR) is 62.5 cm³/mol. The van der Waals surface area contributed by atoms with E-state index in [2.05, 4.69) is 20.4 Å². The van der Waals surface area contributed by atoms with Gasteiger partial charge in [0, 0.05) is 25.0 Å². The van der Waals surface area contributed by atoms with Gasteiger partial charge in [-0.3, -0.25) is 0 Å². The number of rotatable bonds is 2. The van der Waals surface area contributed by atoms with Crippen LogP contribution in [0.5, 0.6) is 0 Å². The molecule has 2 aromatic heterocycles. The zero-order valence-corrected chi connectivity index (χ0v) is 9.91. The molecule has 0 unspecified atom stereocenters. The minimum absolute atomic E-state index is 0.501. The lowest BCUT2D eigenvalue weighted by Crippen LogP contribution is -1.81. The van der Waals surface area contributed by atoms with Gasteiger partial charge >= 0.3 is 0 Å². The van der Waals surface area contributed by atoms with Gasteiger partial charge in [-0.25, -0.2) is 0 Å². The highest BCUT2D eigenvalue weighted by Gasteiger charge is 2.08. The molecule has 6 heteroatoms. The summed E-state index contributed by atoms with van der Waals surface area (Å²) in [7, 11) is 0. The molecule has 0 bridgehead atoms. The summed E-state index contributed by atoms with van der Waals surface area (Å²) in [6.45, 7) is 3.51. The van der Waals surface area contributed by atoms with Crippen molar-refractivity contribution in [3.63, 3.8) is 0 Å². The third-order valence-electron chi connectivity index (χ3n) is 2.43. The average molecular weight is 242 g/mol. The van der Waals surface area contributed by atoms with Crippen LogP contribution in [0.2, 0.25) is 0 Å². The molecular weight excluding hydrogens is 232 g/mol. The topological polar surface area (TPSA) is 77.8 Å². The van der Waals surface area contributed by atoms with E-state index >= 15 is 0 Å². The zero-order valence-electron chi connectivity index (χ0n) is 9.91. The third-order valence-corrected chi connectivity index (χ3v) is 2.43. The highest BCUT2D eigenvalue weighted by molar-refractivity contribution is 5.61. The van der Waals surface area contributed by atoms with Crippen LogP contribution in [-0.4, -0.2) is 20.4 Å². The van der Waals surface area contributed by atoms with E-state index in [1.807, 2.05) is 24.3 Å². The maximum absolute atomic E-state index is 5.35. The molecule has 0 radical (unpaired) electrons. The van der Waals surface area contributed by atoms with Crippen molar-refractivity contribution in [1.29, 1.82) is 0 Å². The van der Waals surface area contributed by atoms with E-state index < -0.39 is 0 Å². The molecule has 1 aromatic carbocycles. The van der Waals surface area contributed by atoms with E-state index in [0.29, 0.717) is 23.6 Å².